The predicted molar refractivity (Wildman–Crippen MR) is 67.2 cm³/mol. The van der Waals surface area contributed by atoms with Crippen LogP contribution in [0.15, 0.2) is 0 Å². The molecule has 0 amide bonds. The van der Waals surface area contributed by atoms with E-state index in [9.17, 15) is 0 Å². The second-order valence-corrected chi connectivity index (χ2v) is 7.17. The molecule has 92 valence electrons. The lowest BCUT2D eigenvalue weighted by Crippen LogP contribution is -2.42. The molecule has 0 bridgehead atoms. The molecule has 0 aromatic carbocycles. The van der Waals surface area contributed by atoms with Gasteiger partial charge < -0.3 is 14.6 Å². The Morgan fingerprint density at radius 1 is 0.933 bits per heavy atom. The third-order valence-corrected chi connectivity index (χ3v) is 6.46. The minimum absolute atomic E-state index is 0.773. The van der Waals surface area contributed by atoms with Crippen molar-refractivity contribution in [3.63, 3.8) is 0 Å². The van der Waals surface area contributed by atoms with Crippen molar-refractivity contribution in [3.05, 3.63) is 0 Å². The summed E-state index contributed by atoms with van der Waals surface area (Å²) in [4.78, 5) is 0. The molecule has 2 N–H and O–H groups in total. The van der Waals surface area contributed by atoms with Gasteiger partial charge in [0.05, 0.1) is 0 Å². The molecule has 0 radical (unpaired) electrons. The average molecular weight is 233 g/mol. The van der Waals surface area contributed by atoms with E-state index in [1.165, 1.54) is 0 Å². The second kappa shape index (κ2) is 9.33. The van der Waals surface area contributed by atoms with Crippen molar-refractivity contribution in [2.45, 2.75) is 52.1 Å². The highest BCUT2D eigenvalue weighted by molar-refractivity contribution is 6.67. The van der Waals surface area contributed by atoms with E-state index in [0.717, 1.165) is 51.1 Å². The first kappa shape index (κ1) is 15.1. The van der Waals surface area contributed by atoms with E-state index >= 15 is 0 Å². The molecule has 0 aliphatic rings. The molecule has 0 atom stereocenters. The molecular formula is C11H27NO2Si. The van der Waals surface area contributed by atoms with E-state index in [4.69, 9.17) is 14.6 Å². The first-order valence-electron chi connectivity index (χ1n) is 6.22. The highest BCUT2D eigenvalue weighted by Gasteiger charge is 2.35. The largest absolute Gasteiger partial charge is 0.394 e. The smallest absolute Gasteiger partial charge is 0.338 e. The highest BCUT2D eigenvalue weighted by atomic mass is 28.4. The minimum Gasteiger partial charge on any atom is -0.394 e. The Balaban J connectivity index is 4.18. The second-order valence-electron chi connectivity index (χ2n) is 3.77. The topological polar surface area (TPSA) is 44.5 Å². The molecule has 0 heterocycles. The van der Waals surface area contributed by atoms with Gasteiger partial charge in [-0.05, 0) is 38.9 Å². The molecule has 0 saturated carbocycles. The molecule has 0 unspecified atom stereocenters. The van der Waals surface area contributed by atoms with Gasteiger partial charge in [-0.2, -0.15) is 0 Å². The monoisotopic (exact) mass is 233 g/mol. The normalized spacial score (nSPS) is 12.0. The molecule has 0 aliphatic carbocycles. The molecule has 0 rings (SSSR count). The lowest BCUT2D eigenvalue weighted by Gasteiger charge is -2.29. The zero-order valence-electron chi connectivity index (χ0n) is 10.6. The highest BCUT2D eigenvalue weighted by Crippen LogP contribution is 2.23. The van der Waals surface area contributed by atoms with Crippen molar-refractivity contribution >= 4 is 8.56 Å². The fraction of sp³-hybridized carbons (Fsp3) is 1.00. The third kappa shape index (κ3) is 6.30. The summed E-state index contributed by atoms with van der Waals surface area (Å²) in [5, 5.41) is 0. The van der Waals surface area contributed by atoms with Gasteiger partial charge in [0.15, 0.2) is 0 Å². The summed E-state index contributed by atoms with van der Waals surface area (Å²) >= 11 is 0. The maximum atomic E-state index is 5.93. The van der Waals surface area contributed by atoms with Gasteiger partial charge in [0.25, 0.3) is 0 Å². The number of unbranched alkanes of at least 4 members (excludes halogenated alkanes) is 1. The van der Waals surface area contributed by atoms with Gasteiger partial charge in [-0.1, -0.05) is 19.8 Å². The van der Waals surface area contributed by atoms with Crippen LogP contribution < -0.4 is 5.73 Å². The van der Waals surface area contributed by atoms with Crippen molar-refractivity contribution in [2.24, 2.45) is 5.73 Å². The molecule has 3 nitrogen and oxygen atoms in total. The summed E-state index contributed by atoms with van der Waals surface area (Å²) in [5.74, 6) is 0. The first-order chi connectivity index (χ1) is 7.24. The van der Waals surface area contributed by atoms with Gasteiger partial charge in [0, 0.05) is 13.2 Å². The molecule has 0 spiro atoms. The summed E-state index contributed by atoms with van der Waals surface area (Å²) in [6.45, 7) is 8.62. The Hall–Kier alpha value is 0.0969. The molecular weight excluding hydrogens is 206 g/mol. The number of hydrogen-bond acceptors (Lipinski definition) is 3. The van der Waals surface area contributed by atoms with Crippen LogP contribution in [-0.2, 0) is 8.85 Å². The van der Waals surface area contributed by atoms with E-state index in [-0.39, 0.29) is 0 Å². The zero-order valence-corrected chi connectivity index (χ0v) is 11.6. The lowest BCUT2D eigenvalue weighted by atomic mass is 10.3. The van der Waals surface area contributed by atoms with Gasteiger partial charge in [0.1, 0.15) is 0 Å². The number of rotatable bonds is 10. The number of hydrogen-bond donors (Lipinski definition) is 1. The Bertz CT molecular complexity index is 128. The van der Waals surface area contributed by atoms with E-state index in [1.807, 2.05) is 0 Å². The SMILES string of the molecule is CCC[Si](CCCCN)(OCC)OCC. The van der Waals surface area contributed by atoms with Crippen LogP contribution in [0, 0.1) is 0 Å². The summed E-state index contributed by atoms with van der Waals surface area (Å²) in [5.41, 5.74) is 5.51. The average Bonchev–Trinajstić information content (AvgIpc) is 2.19. The van der Waals surface area contributed by atoms with Gasteiger partial charge in [-0.3, -0.25) is 0 Å². The summed E-state index contributed by atoms with van der Waals surface area (Å²) < 4.78 is 11.9. The van der Waals surface area contributed by atoms with Crippen molar-refractivity contribution in [1.29, 1.82) is 0 Å². The fourth-order valence-corrected chi connectivity index (χ4v) is 5.41. The first-order valence-corrected chi connectivity index (χ1v) is 8.45. The van der Waals surface area contributed by atoms with Crippen LogP contribution in [0.1, 0.15) is 40.0 Å². The molecule has 15 heavy (non-hydrogen) atoms. The van der Waals surface area contributed by atoms with E-state index in [1.54, 1.807) is 0 Å². The summed E-state index contributed by atoms with van der Waals surface area (Å²) in [6.07, 6.45) is 3.37. The molecule has 0 aromatic heterocycles. The Morgan fingerprint density at radius 3 is 1.93 bits per heavy atom. The van der Waals surface area contributed by atoms with Gasteiger partial charge in [-0.15, -0.1) is 0 Å². The maximum absolute atomic E-state index is 5.93. The number of nitrogens with two attached hydrogens (primary N) is 1. The standard InChI is InChI=1S/C11H27NO2Si/c1-4-10-15(13-5-2,14-6-3)11-8-7-9-12/h4-12H2,1-3H3. The van der Waals surface area contributed by atoms with Crippen LogP contribution >= 0.6 is 0 Å². The van der Waals surface area contributed by atoms with Crippen LogP contribution in [0.4, 0.5) is 0 Å². The molecule has 4 heteroatoms. The quantitative estimate of drug-likeness (QED) is 0.466. The predicted octanol–water partition coefficient (Wildman–Crippen LogP) is 2.65. The Kier molecular flexibility index (Phi) is 9.39. The Labute approximate surface area is 95.6 Å². The van der Waals surface area contributed by atoms with Crippen LogP contribution in [0.5, 0.6) is 0 Å². The van der Waals surface area contributed by atoms with Crippen molar-refractivity contribution in [3.8, 4) is 0 Å². The van der Waals surface area contributed by atoms with Gasteiger partial charge >= 0.3 is 8.56 Å². The molecule has 0 fully saturated rings. The van der Waals surface area contributed by atoms with E-state index in [2.05, 4.69) is 20.8 Å². The van der Waals surface area contributed by atoms with E-state index in [0.29, 0.717) is 0 Å². The third-order valence-electron chi connectivity index (χ3n) is 2.46. The van der Waals surface area contributed by atoms with E-state index < -0.39 is 8.56 Å². The van der Waals surface area contributed by atoms with Crippen molar-refractivity contribution < 1.29 is 8.85 Å². The molecule has 0 aliphatic heterocycles. The van der Waals surface area contributed by atoms with Crippen LogP contribution in [0.25, 0.3) is 0 Å². The fourth-order valence-electron chi connectivity index (χ4n) is 1.90. The van der Waals surface area contributed by atoms with Crippen molar-refractivity contribution in [2.75, 3.05) is 19.8 Å². The molecule has 0 saturated heterocycles. The minimum atomic E-state index is -1.89. The summed E-state index contributed by atoms with van der Waals surface area (Å²) in [6, 6.07) is 2.21. The Morgan fingerprint density at radius 2 is 1.53 bits per heavy atom. The van der Waals surface area contributed by atoms with Crippen LogP contribution in [0.3, 0.4) is 0 Å². The lowest BCUT2D eigenvalue weighted by molar-refractivity contribution is 0.181. The van der Waals surface area contributed by atoms with Crippen molar-refractivity contribution in [1.82, 2.24) is 0 Å². The van der Waals surface area contributed by atoms with Crippen LogP contribution in [0.2, 0.25) is 12.1 Å². The molecule has 0 aromatic rings. The zero-order chi connectivity index (χ0) is 11.6. The maximum Gasteiger partial charge on any atom is 0.338 e. The van der Waals surface area contributed by atoms with Gasteiger partial charge in [-0.25, -0.2) is 0 Å². The van der Waals surface area contributed by atoms with Crippen LogP contribution in [-0.4, -0.2) is 28.3 Å². The van der Waals surface area contributed by atoms with Gasteiger partial charge in [0.2, 0.25) is 0 Å². The summed E-state index contributed by atoms with van der Waals surface area (Å²) in [7, 11) is -1.89.